The van der Waals surface area contributed by atoms with Crippen LogP contribution in [0.25, 0.3) is 22.2 Å². The molecule has 0 saturated carbocycles. The van der Waals surface area contributed by atoms with Gasteiger partial charge in [-0.2, -0.15) is 0 Å². The normalized spacial score (nSPS) is 12.3. The number of rotatable bonds is 5. The quantitative estimate of drug-likeness (QED) is 0.646. The number of hydrogen-bond donors (Lipinski definition) is 0. The van der Waals surface area contributed by atoms with Gasteiger partial charge in [0.2, 0.25) is 5.71 Å². The summed E-state index contributed by atoms with van der Waals surface area (Å²) in [5.74, 6) is -0.454. The third-order valence-electron chi connectivity index (χ3n) is 3.96. The second kappa shape index (κ2) is 7.11. The highest BCUT2D eigenvalue weighted by Gasteiger charge is 2.24. The third-order valence-corrected chi connectivity index (χ3v) is 4.21. The Morgan fingerprint density at radius 3 is 2.68 bits per heavy atom. The molecule has 2 aromatic heterocycles. The number of ether oxygens (including phenoxy) is 1. The molecule has 0 radical (unpaired) electrons. The van der Waals surface area contributed by atoms with E-state index in [1.807, 2.05) is 6.92 Å². The van der Waals surface area contributed by atoms with Gasteiger partial charge in [0, 0.05) is 10.6 Å². The van der Waals surface area contributed by atoms with Crippen LogP contribution in [0.5, 0.6) is 0 Å². The molecule has 1 atom stereocenters. The molecule has 0 aliphatic heterocycles. The summed E-state index contributed by atoms with van der Waals surface area (Å²) in [6.45, 7) is 3.79. The fourth-order valence-electron chi connectivity index (χ4n) is 2.72. The molecule has 2 heterocycles. The van der Waals surface area contributed by atoms with E-state index < -0.39 is 12.0 Å². The Morgan fingerprint density at radius 2 is 2.04 bits per heavy atom. The standard InChI is InChI=1S/C18H17ClN2O4/c1-3-14(18(23)24-4-2)21-10-20-16-15(17(21)22)13(9-25-16)11-5-7-12(19)8-6-11/h5-10,14H,3-4H2,1-2H3. The van der Waals surface area contributed by atoms with Crippen LogP contribution in [0.15, 0.2) is 46.1 Å². The van der Waals surface area contributed by atoms with Crippen LogP contribution in [0.1, 0.15) is 26.3 Å². The fraction of sp³-hybridized carbons (Fsp3) is 0.278. The Labute approximate surface area is 149 Å². The average Bonchev–Trinajstić information content (AvgIpc) is 3.03. The van der Waals surface area contributed by atoms with Crippen LogP contribution in [-0.2, 0) is 9.53 Å². The molecule has 0 fully saturated rings. The second-order valence-corrected chi connectivity index (χ2v) is 5.91. The van der Waals surface area contributed by atoms with Crippen molar-refractivity contribution in [3.63, 3.8) is 0 Å². The van der Waals surface area contributed by atoms with Crippen LogP contribution in [0.2, 0.25) is 5.02 Å². The van der Waals surface area contributed by atoms with E-state index in [-0.39, 0.29) is 17.9 Å². The van der Waals surface area contributed by atoms with Crippen molar-refractivity contribution in [3.8, 4) is 11.1 Å². The maximum Gasteiger partial charge on any atom is 0.329 e. The molecule has 0 saturated heterocycles. The van der Waals surface area contributed by atoms with E-state index in [2.05, 4.69) is 4.98 Å². The molecule has 3 rings (SSSR count). The summed E-state index contributed by atoms with van der Waals surface area (Å²) in [6.07, 6.45) is 3.23. The van der Waals surface area contributed by atoms with E-state index >= 15 is 0 Å². The van der Waals surface area contributed by atoms with Crippen molar-refractivity contribution < 1.29 is 13.9 Å². The number of carbonyl (C=O) groups excluding carboxylic acids is 1. The van der Waals surface area contributed by atoms with Crippen LogP contribution in [0.3, 0.4) is 0 Å². The van der Waals surface area contributed by atoms with E-state index in [1.54, 1.807) is 31.2 Å². The highest BCUT2D eigenvalue weighted by Crippen LogP contribution is 2.28. The maximum atomic E-state index is 13.0. The summed E-state index contributed by atoms with van der Waals surface area (Å²) >= 11 is 5.92. The molecule has 0 N–H and O–H groups in total. The summed E-state index contributed by atoms with van der Waals surface area (Å²) in [5, 5.41) is 0.924. The van der Waals surface area contributed by atoms with Crippen molar-refractivity contribution in [2.45, 2.75) is 26.3 Å². The molecule has 7 heteroatoms. The Kier molecular flexibility index (Phi) is 4.90. The first kappa shape index (κ1) is 17.2. The first-order valence-corrected chi connectivity index (χ1v) is 8.35. The van der Waals surface area contributed by atoms with Crippen LogP contribution in [0, 0.1) is 0 Å². The lowest BCUT2D eigenvalue weighted by molar-refractivity contribution is -0.147. The molecule has 25 heavy (non-hydrogen) atoms. The first-order chi connectivity index (χ1) is 12.1. The molecule has 0 amide bonds. The number of halogens is 1. The smallest absolute Gasteiger partial charge is 0.329 e. The zero-order valence-electron chi connectivity index (χ0n) is 13.9. The summed E-state index contributed by atoms with van der Waals surface area (Å²) in [7, 11) is 0. The van der Waals surface area contributed by atoms with Gasteiger partial charge in [-0.25, -0.2) is 9.78 Å². The van der Waals surface area contributed by atoms with Crippen LogP contribution < -0.4 is 5.56 Å². The zero-order valence-corrected chi connectivity index (χ0v) is 14.6. The Morgan fingerprint density at radius 1 is 1.32 bits per heavy atom. The van der Waals surface area contributed by atoms with E-state index in [0.29, 0.717) is 22.4 Å². The number of aromatic nitrogens is 2. The minimum Gasteiger partial charge on any atom is -0.464 e. The van der Waals surface area contributed by atoms with Crippen molar-refractivity contribution in [2.75, 3.05) is 6.61 Å². The Bertz CT molecular complexity index is 959. The molecule has 0 aliphatic carbocycles. The lowest BCUT2D eigenvalue weighted by atomic mass is 10.1. The lowest BCUT2D eigenvalue weighted by Crippen LogP contribution is -2.31. The Hall–Kier alpha value is -2.60. The minimum absolute atomic E-state index is 0.227. The summed E-state index contributed by atoms with van der Waals surface area (Å²) in [6, 6.07) is 6.34. The van der Waals surface area contributed by atoms with Crippen LogP contribution in [0.4, 0.5) is 0 Å². The molecule has 0 bridgehead atoms. The number of furan rings is 1. The number of benzene rings is 1. The van der Waals surface area contributed by atoms with Crippen molar-refractivity contribution in [3.05, 3.63) is 52.2 Å². The van der Waals surface area contributed by atoms with E-state index in [4.69, 9.17) is 20.8 Å². The van der Waals surface area contributed by atoms with Crippen molar-refractivity contribution in [2.24, 2.45) is 0 Å². The van der Waals surface area contributed by atoms with Gasteiger partial charge in [-0.3, -0.25) is 9.36 Å². The van der Waals surface area contributed by atoms with E-state index in [9.17, 15) is 9.59 Å². The van der Waals surface area contributed by atoms with Crippen LogP contribution >= 0.6 is 11.6 Å². The first-order valence-electron chi connectivity index (χ1n) is 7.97. The van der Waals surface area contributed by atoms with Gasteiger partial charge >= 0.3 is 5.97 Å². The number of fused-ring (bicyclic) bond motifs is 1. The van der Waals surface area contributed by atoms with Gasteiger partial charge in [-0.1, -0.05) is 30.7 Å². The van der Waals surface area contributed by atoms with Crippen LogP contribution in [-0.4, -0.2) is 22.1 Å². The molecular weight excluding hydrogens is 344 g/mol. The van der Waals surface area contributed by atoms with Crippen molar-refractivity contribution in [1.82, 2.24) is 9.55 Å². The van der Waals surface area contributed by atoms with Gasteiger partial charge in [-0.05, 0) is 31.0 Å². The summed E-state index contributed by atoms with van der Waals surface area (Å²) in [4.78, 5) is 29.3. The van der Waals surface area contributed by atoms with Gasteiger partial charge in [-0.15, -0.1) is 0 Å². The number of carbonyl (C=O) groups is 1. The monoisotopic (exact) mass is 360 g/mol. The highest BCUT2D eigenvalue weighted by atomic mass is 35.5. The maximum absolute atomic E-state index is 13.0. The Balaban J connectivity index is 2.16. The molecule has 3 aromatic rings. The molecule has 6 nitrogen and oxygen atoms in total. The topological polar surface area (TPSA) is 74.3 Å². The van der Waals surface area contributed by atoms with Gasteiger partial charge < -0.3 is 9.15 Å². The van der Waals surface area contributed by atoms with Gasteiger partial charge in [0.15, 0.2) is 0 Å². The molecule has 130 valence electrons. The van der Waals surface area contributed by atoms with E-state index in [1.165, 1.54) is 17.2 Å². The summed E-state index contributed by atoms with van der Waals surface area (Å²) in [5.41, 5.74) is 1.27. The van der Waals surface area contributed by atoms with Gasteiger partial charge in [0.1, 0.15) is 24.0 Å². The second-order valence-electron chi connectivity index (χ2n) is 5.47. The van der Waals surface area contributed by atoms with Gasteiger partial charge in [0.25, 0.3) is 5.56 Å². The number of nitrogens with zero attached hydrogens (tertiary/aromatic N) is 2. The van der Waals surface area contributed by atoms with E-state index in [0.717, 1.165) is 5.56 Å². The lowest BCUT2D eigenvalue weighted by Gasteiger charge is -2.16. The zero-order chi connectivity index (χ0) is 18.0. The fourth-order valence-corrected chi connectivity index (χ4v) is 2.85. The summed E-state index contributed by atoms with van der Waals surface area (Å²) < 4.78 is 11.8. The number of hydrogen-bond acceptors (Lipinski definition) is 5. The largest absolute Gasteiger partial charge is 0.464 e. The third kappa shape index (κ3) is 3.17. The van der Waals surface area contributed by atoms with Crippen molar-refractivity contribution >= 4 is 28.7 Å². The molecule has 1 unspecified atom stereocenters. The molecule has 1 aromatic carbocycles. The highest BCUT2D eigenvalue weighted by molar-refractivity contribution is 6.30. The minimum atomic E-state index is -0.725. The molecule has 0 aliphatic rings. The average molecular weight is 361 g/mol. The predicted molar refractivity (Wildman–Crippen MR) is 94.7 cm³/mol. The van der Waals surface area contributed by atoms with Crippen molar-refractivity contribution in [1.29, 1.82) is 0 Å². The molecular formula is C18H17ClN2O4. The number of esters is 1. The SMILES string of the molecule is CCOC(=O)C(CC)n1cnc2occ(-c3ccc(Cl)cc3)c2c1=O. The van der Waals surface area contributed by atoms with Gasteiger partial charge in [0.05, 0.1) is 6.61 Å². The molecule has 0 spiro atoms. The predicted octanol–water partition coefficient (Wildman–Crippen LogP) is 3.82.